The summed E-state index contributed by atoms with van der Waals surface area (Å²) in [6.45, 7) is 5.85. The Kier molecular flexibility index (Phi) is 3.01. The second kappa shape index (κ2) is 4.29. The van der Waals surface area contributed by atoms with Crippen molar-refractivity contribution >= 4 is 27.3 Å². The van der Waals surface area contributed by atoms with Gasteiger partial charge in [-0.2, -0.15) is 0 Å². The van der Waals surface area contributed by atoms with E-state index in [0.29, 0.717) is 6.42 Å². The van der Waals surface area contributed by atoms with Crippen LogP contribution < -0.4 is 0 Å². The smallest absolute Gasteiger partial charge is 0.141 e. The van der Waals surface area contributed by atoms with Crippen molar-refractivity contribution in [1.29, 1.82) is 0 Å². The second-order valence-corrected chi connectivity index (χ2v) is 5.11. The molecular weight excluding hydrogens is 220 g/mol. The van der Waals surface area contributed by atoms with Crippen LogP contribution in [0.15, 0.2) is 12.4 Å². The van der Waals surface area contributed by atoms with Crippen molar-refractivity contribution in [1.82, 2.24) is 9.97 Å². The molecule has 0 aromatic carbocycles. The van der Waals surface area contributed by atoms with Gasteiger partial charge in [-0.15, -0.1) is 11.3 Å². The number of thiophene rings is 1. The summed E-state index contributed by atoms with van der Waals surface area (Å²) < 4.78 is 0. The first-order valence-electron chi connectivity index (χ1n) is 5.37. The predicted molar refractivity (Wildman–Crippen MR) is 65.9 cm³/mol. The molecule has 0 amide bonds. The minimum Gasteiger partial charge on any atom is -0.299 e. The van der Waals surface area contributed by atoms with Crippen molar-refractivity contribution in [2.45, 2.75) is 33.1 Å². The molecule has 2 aromatic rings. The van der Waals surface area contributed by atoms with E-state index in [1.165, 1.54) is 4.88 Å². The Morgan fingerprint density at radius 2 is 2.25 bits per heavy atom. The molecule has 0 fully saturated rings. The van der Waals surface area contributed by atoms with Gasteiger partial charge in [0.1, 0.15) is 16.9 Å². The van der Waals surface area contributed by atoms with Crippen molar-refractivity contribution in [3.05, 3.63) is 23.0 Å². The van der Waals surface area contributed by atoms with Crippen LogP contribution >= 0.6 is 11.3 Å². The fraction of sp³-hybridized carbons (Fsp3) is 0.417. The lowest BCUT2D eigenvalue weighted by Gasteiger charge is -2.08. The second-order valence-electron chi connectivity index (χ2n) is 3.88. The number of nitrogens with zero attached hydrogens (tertiary/aromatic N) is 2. The fourth-order valence-electron chi connectivity index (χ4n) is 1.80. The van der Waals surface area contributed by atoms with Crippen molar-refractivity contribution in [3.63, 3.8) is 0 Å². The van der Waals surface area contributed by atoms with Gasteiger partial charge in [-0.1, -0.05) is 6.92 Å². The van der Waals surface area contributed by atoms with Crippen LogP contribution in [-0.4, -0.2) is 15.8 Å². The van der Waals surface area contributed by atoms with Gasteiger partial charge in [0.2, 0.25) is 0 Å². The van der Waals surface area contributed by atoms with E-state index in [1.54, 1.807) is 17.7 Å². The zero-order chi connectivity index (χ0) is 11.7. The Hall–Kier alpha value is -1.29. The maximum Gasteiger partial charge on any atom is 0.141 e. The molecule has 0 radical (unpaired) electrons. The summed E-state index contributed by atoms with van der Waals surface area (Å²) in [5.41, 5.74) is 0.862. The highest BCUT2D eigenvalue weighted by atomic mass is 32.1. The number of aromatic nitrogens is 2. The van der Waals surface area contributed by atoms with E-state index in [0.717, 1.165) is 15.9 Å². The first-order chi connectivity index (χ1) is 7.63. The third-order valence-electron chi connectivity index (χ3n) is 2.73. The van der Waals surface area contributed by atoms with E-state index < -0.39 is 0 Å². The van der Waals surface area contributed by atoms with Crippen LogP contribution in [0.25, 0.3) is 10.2 Å². The molecule has 3 nitrogen and oxygen atoms in total. The summed E-state index contributed by atoms with van der Waals surface area (Å²) in [5, 5.41) is 1.03. The van der Waals surface area contributed by atoms with Gasteiger partial charge in [0.15, 0.2) is 0 Å². The van der Waals surface area contributed by atoms with E-state index in [2.05, 4.69) is 16.0 Å². The molecule has 0 aliphatic carbocycles. The Bertz CT molecular complexity index is 533. The van der Waals surface area contributed by atoms with Crippen molar-refractivity contribution in [2.75, 3.05) is 0 Å². The van der Waals surface area contributed by atoms with Crippen LogP contribution in [0.3, 0.4) is 0 Å². The molecule has 84 valence electrons. The molecule has 0 aliphatic rings. The molecule has 0 bridgehead atoms. The van der Waals surface area contributed by atoms with Gasteiger partial charge >= 0.3 is 0 Å². The molecular formula is C12H14N2OS. The lowest BCUT2D eigenvalue weighted by atomic mass is 9.98. The van der Waals surface area contributed by atoms with Gasteiger partial charge in [0.05, 0.1) is 11.6 Å². The molecule has 1 unspecified atom stereocenters. The zero-order valence-electron chi connectivity index (χ0n) is 9.65. The van der Waals surface area contributed by atoms with Crippen LogP contribution in [0.5, 0.6) is 0 Å². The molecule has 2 heterocycles. The van der Waals surface area contributed by atoms with Crippen LogP contribution in [0, 0.1) is 6.92 Å². The Morgan fingerprint density at radius 3 is 2.94 bits per heavy atom. The first kappa shape index (κ1) is 11.2. The third kappa shape index (κ3) is 1.85. The van der Waals surface area contributed by atoms with E-state index >= 15 is 0 Å². The number of ketones is 1. The number of rotatable bonds is 3. The van der Waals surface area contributed by atoms with Gasteiger partial charge < -0.3 is 0 Å². The largest absolute Gasteiger partial charge is 0.299 e. The molecule has 1 atom stereocenters. The molecule has 0 N–H and O–H groups in total. The average Bonchev–Trinajstić information content (AvgIpc) is 2.66. The monoisotopic (exact) mass is 234 g/mol. The van der Waals surface area contributed by atoms with E-state index in [1.807, 2.05) is 20.8 Å². The van der Waals surface area contributed by atoms with Gasteiger partial charge in [-0.3, -0.25) is 4.79 Å². The highest BCUT2D eigenvalue weighted by Crippen LogP contribution is 2.29. The van der Waals surface area contributed by atoms with Crippen molar-refractivity contribution in [2.24, 2.45) is 0 Å². The summed E-state index contributed by atoms with van der Waals surface area (Å²) in [6.07, 6.45) is 2.10. The highest BCUT2D eigenvalue weighted by Gasteiger charge is 2.18. The van der Waals surface area contributed by atoms with Crippen LogP contribution in [-0.2, 0) is 4.79 Å². The molecule has 2 rings (SSSR count). The van der Waals surface area contributed by atoms with Crippen molar-refractivity contribution in [3.8, 4) is 0 Å². The van der Waals surface area contributed by atoms with Crippen molar-refractivity contribution < 1.29 is 4.79 Å². The highest BCUT2D eigenvalue weighted by molar-refractivity contribution is 7.18. The molecule has 16 heavy (non-hydrogen) atoms. The molecule has 0 aliphatic heterocycles. The van der Waals surface area contributed by atoms with Gasteiger partial charge in [0.25, 0.3) is 0 Å². The van der Waals surface area contributed by atoms with E-state index in [-0.39, 0.29) is 11.7 Å². The third-order valence-corrected chi connectivity index (χ3v) is 3.68. The molecule has 0 spiro atoms. The number of carbonyl (C=O) groups is 1. The van der Waals surface area contributed by atoms with Gasteiger partial charge in [-0.05, 0) is 19.9 Å². The van der Waals surface area contributed by atoms with E-state index in [4.69, 9.17) is 0 Å². The lowest BCUT2D eigenvalue weighted by molar-refractivity contribution is -0.119. The molecule has 4 heteroatoms. The lowest BCUT2D eigenvalue weighted by Crippen LogP contribution is -2.09. The SMILES string of the molecule is CCC(=O)C(C)c1ncnc2sc(C)cc12. The van der Waals surface area contributed by atoms with Gasteiger partial charge in [-0.25, -0.2) is 9.97 Å². The summed E-state index contributed by atoms with van der Waals surface area (Å²) >= 11 is 1.64. The first-order valence-corrected chi connectivity index (χ1v) is 6.19. The number of hydrogen-bond donors (Lipinski definition) is 0. The molecule has 0 saturated heterocycles. The average molecular weight is 234 g/mol. The number of Topliss-reactive ketones (excluding diaryl/α,β-unsaturated/α-hetero) is 1. The topological polar surface area (TPSA) is 42.9 Å². The van der Waals surface area contributed by atoms with Gasteiger partial charge in [0, 0.05) is 16.7 Å². The standard InChI is InChI=1S/C12H14N2OS/c1-4-10(15)8(3)11-9-5-7(2)16-12(9)14-6-13-11/h5-6,8H,4H2,1-3H3. The number of aryl methyl sites for hydroxylation is 1. The number of fused-ring (bicyclic) bond motifs is 1. The zero-order valence-corrected chi connectivity index (χ0v) is 10.5. The van der Waals surface area contributed by atoms with Crippen LogP contribution in [0.1, 0.15) is 36.8 Å². The summed E-state index contributed by atoms with van der Waals surface area (Å²) in [5.74, 6) is 0.0911. The molecule has 0 saturated carbocycles. The van der Waals surface area contributed by atoms with Crippen LogP contribution in [0.4, 0.5) is 0 Å². The summed E-state index contributed by atoms with van der Waals surface area (Å²) in [7, 11) is 0. The number of hydrogen-bond acceptors (Lipinski definition) is 4. The summed E-state index contributed by atoms with van der Waals surface area (Å²) in [4.78, 5) is 22.4. The van der Waals surface area contributed by atoms with E-state index in [9.17, 15) is 4.79 Å². The Balaban J connectivity index is 2.55. The quantitative estimate of drug-likeness (QED) is 0.819. The number of carbonyl (C=O) groups excluding carboxylic acids is 1. The predicted octanol–water partition coefficient (Wildman–Crippen LogP) is 3.08. The summed E-state index contributed by atoms with van der Waals surface area (Å²) in [6, 6.07) is 2.06. The normalized spacial score (nSPS) is 12.9. The minimum atomic E-state index is -0.135. The fourth-order valence-corrected chi connectivity index (χ4v) is 2.65. The Labute approximate surface area is 98.5 Å². The molecule has 2 aromatic heterocycles. The maximum absolute atomic E-state index is 11.7. The minimum absolute atomic E-state index is 0.135. The van der Waals surface area contributed by atoms with Crippen LogP contribution in [0.2, 0.25) is 0 Å². The maximum atomic E-state index is 11.7. The Morgan fingerprint density at radius 1 is 1.50 bits per heavy atom.